The van der Waals surface area contributed by atoms with Gasteiger partial charge in [-0.1, -0.05) is 30.3 Å². The van der Waals surface area contributed by atoms with Crippen molar-refractivity contribution in [1.29, 1.82) is 0 Å². The van der Waals surface area contributed by atoms with Crippen LogP contribution in [0.25, 0.3) is 0 Å². The van der Waals surface area contributed by atoms with E-state index in [9.17, 15) is 22.8 Å². The lowest BCUT2D eigenvalue weighted by Gasteiger charge is -2.43. The van der Waals surface area contributed by atoms with Gasteiger partial charge in [0.25, 0.3) is 5.91 Å². The highest BCUT2D eigenvalue weighted by atomic mass is 19.4. The number of benzene rings is 2. The highest BCUT2D eigenvalue weighted by Crippen LogP contribution is 2.51. The van der Waals surface area contributed by atoms with E-state index in [0.29, 0.717) is 12.8 Å². The number of alkyl halides is 3. The van der Waals surface area contributed by atoms with E-state index in [1.807, 2.05) is 31.2 Å². The van der Waals surface area contributed by atoms with E-state index in [1.54, 1.807) is 34.3 Å². The summed E-state index contributed by atoms with van der Waals surface area (Å²) in [5.41, 5.74) is 0.740. The number of carbonyl (C=O) groups is 2. The normalized spacial score (nSPS) is 21.6. The van der Waals surface area contributed by atoms with Gasteiger partial charge in [-0.25, -0.2) is 0 Å². The van der Waals surface area contributed by atoms with Crippen LogP contribution in [0.2, 0.25) is 0 Å². The van der Waals surface area contributed by atoms with Crippen LogP contribution in [0.3, 0.4) is 0 Å². The van der Waals surface area contributed by atoms with Gasteiger partial charge < -0.3 is 9.64 Å². The zero-order valence-electron chi connectivity index (χ0n) is 19.5. The smallest absolute Gasteiger partial charge is 0.419 e. The number of para-hydroxylation sites is 2. The van der Waals surface area contributed by atoms with Crippen molar-refractivity contribution in [2.24, 2.45) is 0 Å². The molecule has 1 saturated heterocycles. The number of hydrogen-bond acceptors (Lipinski definition) is 4. The number of halogens is 3. The zero-order valence-corrected chi connectivity index (χ0v) is 19.5. The Hall–Kier alpha value is -3.88. The quantitative estimate of drug-likeness (QED) is 0.505. The summed E-state index contributed by atoms with van der Waals surface area (Å²) >= 11 is 0. The van der Waals surface area contributed by atoms with Crippen molar-refractivity contribution < 1.29 is 27.5 Å². The summed E-state index contributed by atoms with van der Waals surface area (Å²) in [5.74, 6) is -0.851. The number of nitrogens with zero attached hydrogens (tertiary/aromatic N) is 3. The molecule has 2 atom stereocenters. The first-order valence-corrected chi connectivity index (χ1v) is 11.6. The van der Waals surface area contributed by atoms with Crippen molar-refractivity contribution in [1.82, 2.24) is 9.88 Å². The average Bonchev–Trinajstić information content (AvgIpc) is 3.10. The van der Waals surface area contributed by atoms with Crippen LogP contribution in [0, 0.1) is 0 Å². The molecule has 2 unspecified atom stereocenters. The van der Waals surface area contributed by atoms with Gasteiger partial charge >= 0.3 is 6.18 Å². The highest BCUT2D eigenvalue weighted by molar-refractivity contribution is 6.13. The summed E-state index contributed by atoms with van der Waals surface area (Å²) in [6.07, 6.45) is -0.510. The first-order valence-electron chi connectivity index (χ1n) is 11.6. The summed E-state index contributed by atoms with van der Waals surface area (Å²) < 4.78 is 45.1. The molecular weight excluding hydrogens is 471 g/mol. The second-order valence-electron chi connectivity index (χ2n) is 9.12. The van der Waals surface area contributed by atoms with Crippen LogP contribution in [-0.2, 0) is 21.2 Å². The number of likely N-dealkylation sites (tertiary alicyclic amines) is 1. The van der Waals surface area contributed by atoms with Gasteiger partial charge in [-0.05, 0) is 55.7 Å². The van der Waals surface area contributed by atoms with Crippen LogP contribution in [0.15, 0.2) is 73.1 Å². The van der Waals surface area contributed by atoms with Crippen molar-refractivity contribution in [3.05, 3.63) is 84.2 Å². The number of rotatable bonds is 4. The van der Waals surface area contributed by atoms with Crippen LogP contribution in [0.1, 0.15) is 30.9 Å². The first-order chi connectivity index (χ1) is 17.2. The van der Waals surface area contributed by atoms with Crippen molar-refractivity contribution >= 4 is 23.2 Å². The van der Waals surface area contributed by atoms with Crippen LogP contribution < -0.4 is 9.64 Å². The van der Waals surface area contributed by atoms with Crippen LogP contribution in [0.5, 0.6) is 5.75 Å². The van der Waals surface area contributed by atoms with Crippen molar-refractivity contribution in [3.8, 4) is 5.75 Å². The Morgan fingerprint density at radius 3 is 2.50 bits per heavy atom. The molecule has 2 aliphatic rings. The molecule has 0 radical (unpaired) electrons. The van der Waals surface area contributed by atoms with E-state index in [4.69, 9.17) is 4.74 Å². The third kappa shape index (κ3) is 3.98. The number of amides is 2. The van der Waals surface area contributed by atoms with Gasteiger partial charge in [-0.15, -0.1) is 0 Å². The van der Waals surface area contributed by atoms with Crippen molar-refractivity contribution in [3.63, 3.8) is 0 Å². The minimum absolute atomic E-state index is 0.0517. The Bertz CT molecular complexity index is 1300. The Kier molecular flexibility index (Phi) is 5.94. The molecule has 186 valence electrons. The Balaban J connectivity index is 1.35. The van der Waals surface area contributed by atoms with Gasteiger partial charge in [-0.2, -0.15) is 13.2 Å². The predicted molar refractivity (Wildman–Crippen MR) is 127 cm³/mol. The maximum Gasteiger partial charge on any atom is 0.419 e. The summed E-state index contributed by atoms with van der Waals surface area (Å²) in [6, 6.07) is 15.7. The SMILES string of the molecule is CC1CC2(CCN1C(=O)COc1ccccc1C(F)(F)F)C(=O)N(c1ccncc1)c1ccccc12. The molecule has 0 saturated carbocycles. The fourth-order valence-corrected chi connectivity index (χ4v) is 5.37. The Labute approximate surface area is 206 Å². The maximum atomic E-state index is 13.9. The van der Waals surface area contributed by atoms with Gasteiger partial charge in [0.1, 0.15) is 5.75 Å². The molecule has 36 heavy (non-hydrogen) atoms. The standard InChI is InChI=1S/C27H24F3N3O3/c1-18-16-26(20-6-2-4-8-22(20)33(25(26)35)19-10-13-31-14-11-19)12-15-32(18)24(34)17-36-23-9-5-3-7-21(23)27(28,29)30/h2-11,13-14,18H,12,15-17H2,1H3. The lowest BCUT2D eigenvalue weighted by molar-refractivity contribution is -0.143. The van der Waals surface area contributed by atoms with Gasteiger partial charge in [0.05, 0.1) is 22.4 Å². The minimum atomic E-state index is -4.58. The topological polar surface area (TPSA) is 62.7 Å². The lowest BCUT2D eigenvalue weighted by atomic mass is 9.71. The zero-order chi connectivity index (χ0) is 25.5. The van der Waals surface area contributed by atoms with Gasteiger partial charge in [-0.3, -0.25) is 19.5 Å². The van der Waals surface area contributed by atoms with Gasteiger partial charge in [0.15, 0.2) is 6.61 Å². The molecule has 0 N–H and O–H groups in total. The second-order valence-corrected chi connectivity index (χ2v) is 9.12. The molecule has 2 aliphatic heterocycles. The molecule has 2 aromatic carbocycles. The molecule has 1 spiro atoms. The molecular formula is C27H24F3N3O3. The van der Waals surface area contributed by atoms with Crippen LogP contribution >= 0.6 is 0 Å². The Morgan fingerprint density at radius 1 is 1.08 bits per heavy atom. The molecule has 5 rings (SSSR count). The third-order valence-corrected chi connectivity index (χ3v) is 7.01. The number of hydrogen-bond donors (Lipinski definition) is 0. The van der Waals surface area contributed by atoms with Crippen molar-refractivity contribution in [2.75, 3.05) is 18.1 Å². The fraction of sp³-hybridized carbons (Fsp3) is 0.296. The number of anilines is 2. The maximum absolute atomic E-state index is 13.9. The van der Waals surface area contributed by atoms with E-state index in [-0.39, 0.29) is 24.2 Å². The predicted octanol–water partition coefficient (Wildman–Crippen LogP) is 5.11. The molecule has 6 nitrogen and oxygen atoms in total. The van der Waals surface area contributed by atoms with Crippen molar-refractivity contribution in [2.45, 2.75) is 37.4 Å². The molecule has 0 bridgehead atoms. The molecule has 2 amide bonds. The minimum Gasteiger partial charge on any atom is -0.483 e. The number of piperidine rings is 1. The fourth-order valence-electron chi connectivity index (χ4n) is 5.37. The molecule has 3 aromatic rings. The van der Waals surface area contributed by atoms with E-state index in [2.05, 4.69) is 4.98 Å². The summed E-state index contributed by atoms with van der Waals surface area (Å²) in [5, 5.41) is 0. The second kappa shape index (κ2) is 8.96. The molecule has 1 aromatic heterocycles. The first kappa shape index (κ1) is 23.8. The summed E-state index contributed by atoms with van der Waals surface area (Å²) in [7, 11) is 0. The number of pyridine rings is 1. The monoisotopic (exact) mass is 495 g/mol. The molecule has 0 aliphatic carbocycles. The largest absolute Gasteiger partial charge is 0.483 e. The molecule has 9 heteroatoms. The summed E-state index contributed by atoms with van der Waals surface area (Å²) in [4.78, 5) is 34.2. The number of aromatic nitrogens is 1. The average molecular weight is 496 g/mol. The third-order valence-electron chi connectivity index (χ3n) is 7.01. The van der Waals surface area contributed by atoms with Crippen LogP contribution in [0.4, 0.5) is 24.5 Å². The molecule has 1 fully saturated rings. The Morgan fingerprint density at radius 2 is 1.78 bits per heavy atom. The number of carbonyl (C=O) groups excluding carboxylic acids is 2. The lowest BCUT2D eigenvalue weighted by Crippen LogP contribution is -2.54. The van der Waals surface area contributed by atoms with E-state index in [0.717, 1.165) is 23.0 Å². The molecule has 3 heterocycles. The van der Waals surface area contributed by atoms with E-state index < -0.39 is 29.7 Å². The van der Waals surface area contributed by atoms with Crippen LogP contribution in [-0.4, -0.2) is 40.9 Å². The summed E-state index contributed by atoms with van der Waals surface area (Å²) in [6.45, 7) is 1.63. The number of fused-ring (bicyclic) bond motifs is 2. The van der Waals surface area contributed by atoms with E-state index in [1.165, 1.54) is 18.2 Å². The van der Waals surface area contributed by atoms with Gasteiger partial charge in [0.2, 0.25) is 5.91 Å². The number of ether oxygens (including phenoxy) is 1. The van der Waals surface area contributed by atoms with E-state index >= 15 is 0 Å². The highest BCUT2D eigenvalue weighted by Gasteiger charge is 2.54. The van der Waals surface area contributed by atoms with Gasteiger partial charge in [0, 0.05) is 25.0 Å².